The zero-order chi connectivity index (χ0) is 15.2. The topological polar surface area (TPSA) is 28.2 Å². The Hall–Kier alpha value is -1.46. The summed E-state index contributed by atoms with van der Waals surface area (Å²) in [5, 5.41) is 4.19. The van der Waals surface area contributed by atoms with Crippen molar-refractivity contribution in [2.45, 2.75) is 33.2 Å². The van der Waals surface area contributed by atoms with Crippen LogP contribution in [0.5, 0.6) is 0 Å². The van der Waals surface area contributed by atoms with Gasteiger partial charge in [0.1, 0.15) is 5.82 Å². The molecule has 5 heteroatoms. The molecule has 21 heavy (non-hydrogen) atoms. The number of halogens is 1. The van der Waals surface area contributed by atoms with Crippen LogP contribution in [0.2, 0.25) is 0 Å². The molecular formula is C16H22FN3S. The summed E-state index contributed by atoms with van der Waals surface area (Å²) in [6.45, 7) is 5.90. The summed E-state index contributed by atoms with van der Waals surface area (Å²) < 4.78 is 13.1. The molecular weight excluding hydrogens is 285 g/mol. The van der Waals surface area contributed by atoms with Gasteiger partial charge in [0.2, 0.25) is 0 Å². The highest BCUT2D eigenvalue weighted by atomic mass is 32.1. The Morgan fingerprint density at radius 2 is 1.95 bits per heavy atom. The molecule has 0 atom stereocenters. The molecule has 1 aromatic heterocycles. The van der Waals surface area contributed by atoms with Crippen molar-refractivity contribution in [3.8, 4) is 0 Å². The largest absolute Gasteiger partial charge is 0.318 e. The molecule has 0 aliphatic carbocycles. The van der Waals surface area contributed by atoms with Gasteiger partial charge in [-0.2, -0.15) is 0 Å². The van der Waals surface area contributed by atoms with Crippen LogP contribution >= 0.6 is 11.3 Å². The fourth-order valence-corrected chi connectivity index (χ4v) is 3.47. The van der Waals surface area contributed by atoms with Crippen molar-refractivity contribution in [2.24, 2.45) is 0 Å². The SMILES string of the molecule is CCCc1nc(N(CC)c2ccc(F)cc2)sc1CNC. The molecule has 0 fully saturated rings. The maximum atomic E-state index is 13.1. The highest BCUT2D eigenvalue weighted by molar-refractivity contribution is 7.15. The quantitative estimate of drug-likeness (QED) is 0.834. The zero-order valence-electron chi connectivity index (χ0n) is 12.8. The van der Waals surface area contributed by atoms with Gasteiger partial charge in [-0.25, -0.2) is 9.37 Å². The van der Waals surface area contributed by atoms with Gasteiger partial charge in [0.15, 0.2) is 5.13 Å². The van der Waals surface area contributed by atoms with E-state index in [-0.39, 0.29) is 5.82 Å². The minimum Gasteiger partial charge on any atom is -0.318 e. The number of aromatic nitrogens is 1. The maximum Gasteiger partial charge on any atom is 0.190 e. The second-order valence-corrected chi connectivity index (χ2v) is 5.93. The first-order valence-electron chi connectivity index (χ1n) is 7.35. The number of nitrogens with one attached hydrogen (secondary N) is 1. The van der Waals surface area contributed by atoms with E-state index in [2.05, 4.69) is 24.1 Å². The van der Waals surface area contributed by atoms with Crippen molar-refractivity contribution in [1.82, 2.24) is 10.3 Å². The second-order valence-electron chi connectivity index (χ2n) is 4.87. The minimum absolute atomic E-state index is 0.212. The van der Waals surface area contributed by atoms with Gasteiger partial charge in [0.25, 0.3) is 0 Å². The van der Waals surface area contributed by atoms with Gasteiger partial charge in [0, 0.05) is 23.7 Å². The Morgan fingerprint density at radius 1 is 1.24 bits per heavy atom. The first-order valence-corrected chi connectivity index (χ1v) is 8.17. The molecule has 0 aliphatic heterocycles. The fraction of sp³-hybridized carbons (Fsp3) is 0.438. The van der Waals surface area contributed by atoms with E-state index in [9.17, 15) is 4.39 Å². The molecule has 0 aliphatic rings. The highest BCUT2D eigenvalue weighted by Crippen LogP contribution is 2.32. The first-order chi connectivity index (χ1) is 10.2. The van der Waals surface area contributed by atoms with Crippen LogP contribution in [0, 0.1) is 5.82 Å². The van der Waals surface area contributed by atoms with Crippen LogP contribution in [0.1, 0.15) is 30.8 Å². The fourth-order valence-electron chi connectivity index (χ4n) is 2.27. The van der Waals surface area contributed by atoms with Gasteiger partial charge >= 0.3 is 0 Å². The zero-order valence-corrected chi connectivity index (χ0v) is 13.6. The smallest absolute Gasteiger partial charge is 0.190 e. The molecule has 0 saturated carbocycles. The summed E-state index contributed by atoms with van der Waals surface area (Å²) in [6.07, 6.45) is 2.08. The normalized spacial score (nSPS) is 10.9. The van der Waals surface area contributed by atoms with Crippen LogP contribution < -0.4 is 10.2 Å². The van der Waals surface area contributed by atoms with E-state index < -0.39 is 0 Å². The van der Waals surface area contributed by atoms with Crippen LogP contribution in [0.3, 0.4) is 0 Å². The third kappa shape index (κ3) is 3.80. The molecule has 0 radical (unpaired) electrons. The lowest BCUT2D eigenvalue weighted by Gasteiger charge is -2.19. The molecule has 1 aromatic carbocycles. The molecule has 2 rings (SSSR count). The van der Waals surface area contributed by atoms with Crippen molar-refractivity contribution in [1.29, 1.82) is 0 Å². The number of nitrogens with zero attached hydrogens (tertiary/aromatic N) is 2. The average Bonchev–Trinajstić information content (AvgIpc) is 2.86. The third-order valence-electron chi connectivity index (χ3n) is 3.28. The van der Waals surface area contributed by atoms with Crippen LogP contribution in [0.15, 0.2) is 24.3 Å². The van der Waals surface area contributed by atoms with Crippen LogP contribution in [-0.2, 0) is 13.0 Å². The van der Waals surface area contributed by atoms with E-state index in [1.54, 1.807) is 23.5 Å². The number of anilines is 2. The van der Waals surface area contributed by atoms with Crippen LogP contribution in [-0.4, -0.2) is 18.6 Å². The molecule has 1 heterocycles. The lowest BCUT2D eigenvalue weighted by atomic mass is 10.2. The summed E-state index contributed by atoms with van der Waals surface area (Å²) in [7, 11) is 1.95. The molecule has 2 aromatic rings. The van der Waals surface area contributed by atoms with Crippen molar-refractivity contribution in [3.63, 3.8) is 0 Å². The molecule has 114 valence electrons. The van der Waals surface area contributed by atoms with Gasteiger partial charge in [-0.3, -0.25) is 0 Å². The van der Waals surface area contributed by atoms with E-state index in [1.165, 1.54) is 22.7 Å². The second kappa shape index (κ2) is 7.52. The summed E-state index contributed by atoms with van der Waals surface area (Å²) >= 11 is 1.71. The lowest BCUT2D eigenvalue weighted by molar-refractivity contribution is 0.628. The summed E-state index contributed by atoms with van der Waals surface area (Å²) in [5.74, 6) is -0.212. The standard InChI is InChI=1S/C16H22FN3S/c1-4-6-14-15(11-18-3)21-16(19-14)20(5-2)13-9-7-12(17)8-10-13/h7-10,18H,4-6,11H2,1-3H3. The van der Waals surface area contributed by atoms with Crippen molar-refractivity contribution >= 4 is 22.2 Å². The highest BCUT2D eigenvalue weighted by Gasteiger charge is 2.16. The number of rotatable bonds is 7. The van der Waals surface area contributed by atoms with Gasteiger partial charge in [-0.05, 0) is 44.7 Å². The number of aryl methyl sites for hydroxylation is 1. The van der Waals surface area contributed by atoms with E-state index in [1.807, 2.05) is 7.05 Å². The number of thiazole rings is 1. The molecule has 0 bridgehead atoms. The summed E-state index contributed by atoms with van der Waals surface area (Å²) in [5.41, 5.74) is 2.15. The molecule has 0 spiro atoms. The Labute approximate surface area is 129 Å². The summed E-state index contributed by atoms with van der Waals surface area (Å²) in [4.78, 5) is 8.21. The Morgan fingerprint density at radius 3 is 2.52 bits per heavy atom. The average molecular weight is 307 g/mol. The molecule has 0 unspecified atom stereocenters. The van der Waals surface area contributed by atoms with Crippen LogP contribution in [0.4, 0.5) is 15.2 Å². The molecule has 1 N–H and O–H groups in total. The Balaban J connectivity index is 2.33. The third-order valence-corrected chi connectivity index (χ3v) is 4.40. The van der Waals surface area contributed by atoms with Gasteiger partial charge in [0.05, 0.1) is 5.69 Å². The number of hydrogen-bond acceptors (Lipinski definition) is 4. The first kappa shape index (κ1) is 15.9. The lowest BCUT2D eigenvalue weighted by Crippen LogP contribution is -2.15. The summed E-state index contributed by atoms with van der Waals surface area (Å²) in [6, 6.07) is 6.59. The number of benzene rings is 1. The Kier molecular flexibility index (Phi) is 5.70. The monoisotopic (exact) mass is 307 g/mol. The molecule has 0 saturated heterocycles. The van der Waals surface area contributed by atoms with E-state index >= 15 is 0 Å². The van der Waals surface area contributed by atoms with Gasteiger partial charge < -0.3 is 10.2 Å². The predicted molar refractivity (Wildman–Crippen MR) is 88.0 cm³/mol. The van der Waals surface area contributed by atoms with Crippen molar-refractivity contribution in [2.75, 3.05) is 18.5 Å². The number of hydrogen-bond donors (Lipinski definition) is 1. The van der Waals surface area contributed by atoms with E-state index in [0.29, 0.717) is 0 Å². The van der Waals surface area contributed by atoms with E-state index in [0.717, 1.165) is 36.8 Å². The minimum atomic E-state index is -0.212. The molecule has 3 nitrogen and oxygen atoms in total. The van der Waals surface area contributed by atoms with Crippen molar-refractivity contribution in [3.05, 3.63) is 40.7 Å². The molecule has 0 amide bonds. The Bertz CT molecular complexity index is 542. The maximum absolute atomic E-state index is 13.1. The van der Waals surface area contributed by atoms with Gasteiger partial charge in [-0.1, -0.05) is 24.7 Å². The van der Waals surface area contributed by atoms with Crippen LogP contribution in [0.25, 0.3) is 0 Å². The van der Waals surface area contributed by atoms with E-state index in [4.69, 9.17) is 4.98 Å². The van der Waals surface area contributed by atoms with Gasteiger partial charge in [-0.15, -0.1) is 0 Å². The predicted octanol–water partition coefficient (Wildman–Crippen LogP) is 4.11. The van der Waals surface area contributed by atoms with Crippen molar-refractivity contribution < 1.29 is 4.39 Å².